The molecule has 5 rings (SSSR count). The van der Waals surface area contributed by atoms with Gasteiger partial charge < -0.3 is 9.88 Å². The molecule has 11 heteroatoms. The highest BCUT2D eigenvalue weighted by Gasteiger charge is 2.45. The summed E-state index contributed by atoms with van der Waals surface area (Å²) in [5.74, 6) is -3.62. The molecule has 47 heavy (non-hydrogen) atoms. The topological polar surface area (TPSA) is 50.2 Å². The average Bonchev–Trinajstić information content (AvgIpc) is 3.31. The predicted molar refractivity (Wildman–Crippen MR) is 171 cm³/mol. The van der Waals surface area contributed by atoms with E-state index in [0.717, 1.165) is 45.7 Å². The van der Waals surface area contributed by atoms with Crippen molar-refractivity contribution in [2.75, 3.05) is 13.1 Å². The Morgan fingerprint density at radius 2 is 1.77 bits per heavy atom. The minimum atomic E-state index is -4.63. The van der Waals surface area contributed by atoms with Crippen LogP contribution in [0.25, 0.3) is 22.2 Å². The number of halogens is 6. The maximum atomic E-state index is 14.5. The van der Waals surface area contributed by atoms with Crippen LogP contribution in [0, 0.1) is 18.8 Å². The zero-order valence-electron chi connectivity index (χ0n) is 26.9. The largest absolute Gasteiger partial charge is 0.416 e. The molecule has 2 heterocycles. The number of hydrogen-bond acceptors (Lipinski definition) is 3. The molecule has 252 valence electrons. The maximum Gasteiger partial charge on any atom is 0.416 e. The molecule has 0 spiro atoms. The molecule has 0 bridgehead atoms. The van der Waals surface area contributed by atoms with E-state index < -0.39 is 41.7 Å². The summed E-state index contributed by atoms with van der Waals surface area (Å²) < 4.78 is 84.3. The Morgan fingerprint density at radius 3 is 2.40 bits per heavy atom. The fraction of sp³-hybridized carbons (Fsp3) is 0.444. The van der Waals surface area contributed by atoms with Crippen LogP contribution in [-0.4, -0.2) is 51.6 Å². The third-order valence-corrected chi connectivity index (χ3v) is 9.84. The maximum absolute atomic E-state index is 14.5. The quantitative estimate of drug-likeness (QED) is 0.204. The standard InChI is InChI=1S/C36H40F6N4O/c1-5-27(36(40,41)42)12-13-28(20-37)44-34(47)31-19-29(46-16-6-15-35(38,39)21-46)18-30(22(31)2)25-9-7-24(8-10-25)26-11-14-33-32(17-26)43-23(3)45(33)4/h5,7-14,17,20,22,29-31H,6,15-16,18-19,21H2,1-4H3,(H,44,47)/b13-12-,27-5+,28-20-/t22-,29?,30?,31?/m1/s1. The van der Waals surface area contributed by atoms with Crippen LogP contribution in [0.1, 0.15) is 56.8 Å². The molecule has 1 amide bonds. The number of carbonyl (C=O) groups excluding carboxylic acids is 1. The molecule has 0 radical (unpaired) electrons. The van der Waals surface area contributed by atoms with Gasteiger partial charge in [0.2, 0.25) is 5.91 Å². The number of nitrogens with one attached hydrogen (secondary N) is 1. The monoisotopic (exact) mass is 658 g/mol. The van der Waals surface area contributed by atoms with Crippen molar-refractivity contribution in [3.63, 3.8) is 0 Å². The van der Waals surface area contributed by atoms with Crippen molar-refractivity contribution in [1.82, 2.24) is 19.8 Å². The lowest BCUT2D eigenvalue weighted by molar-refractivity contribution is -0.129. The Bertz CT molecular complexity index is 1690. The Balaban J connectivity index is 1.40. The van der Waals surface area contributed by atoms with Crippen molar-refractivity contribution in [2.24, 2.45) is 18.9 Å². The van der Waals surface area contributed by atoms with Crippen molar-refractivity contribution in [3.05, 3.63) is 89.7 Å². The number of piperidine rings is 1. The minimum absolute atomic E-state index is 0.0497. The first-order chi connectivity index (χ1) is 22.2. The zero-order valence-corrected chi connectivity index (χ0v) is 26.9. The van der Waals surface area contributed by atoms with Crippen LogP contribution in [0.3, 0.4) is 0 Å². The average molecular weight is 659 g/mol. The molecule has 3 aromatic rings. The molecule has 2 fully saturated rings. The lowest BCUT2D eigenvalue weighted by atomic mass is 9.67. The number of likely N-dealkylation sites (tertiary alicyclic amines) is 1. The first kappa shape index (κ1) is 34.5. The summed E-state index contributed by atoms with van der Waals surface area (Å²) >= 11 is 0. The number of aromatic nitrogens is 2. The number of allylic oxidation sites excluding steroid dienone is 4. The molecular formula is C36H40F6N4O. The van der Waals surface area contributed by atoms with Gasteiger partial charge in [-0.2, -0.15) is 13.2 Å². The van der Waals surface area contributed by atoms with Gasteiger partial charge in [-0.05, 0) is 92.5 Å². The molecule has 1 N–H and O–H groups in total. The molecule has 3 unspecified atom stereocenters. The van der Waals surface area contributed by atoms with Crippen molar-refractivity contribution in [1.29, 1.82) is 0 Å². The lowest BCUT2D eigenvalue weighted by Crippen LogP contribution is -2.52. The number of carbonyl (C=O) groups is 1. The third kappa shape index (κ3) is 7.66. The molecule has 1 aliphatic carbocycles. The van der Waals surface area contributed by atoms with E-state index in [1.807, 2.05) is 67.9 Å². The second kappa shape index (κ2) is 13.7. The molecule has 4 atom stereocenters. The third-order valence-electron chi connectivity index (χ3n) is 9.84. The molecule has 2 aromatic carbocycles. The number of fused-ring (bicyclic) bond motifs is 1. The molecular weight excluding hydrogens is 618 g/mol. The van der Waals surface area contributed by atoms with E-state index in [2.05, 4.69) is 10.3 Å². The zero-order chi connectivity index (χ0) is 34.1. The van der Waals surface area contributed by atoms with E-state index in [0.29, 0.717) is 25.5 Å². The van der Waals surface area contributed by atoms with Crippen LogP contribution in [0.2, 0.25) is 0 Å². The predicted octanol–water partition coefficient (Wildman–Crippen LogP) is 8.77. The number of nitrogens with zero attached hydrogens (tertiary/aromatic N) is 3. The van der Waals surface area contributed by atoms with E-state index >= 15 is 0 Å². The normalized spacial score (nSPS) is 24.6. The van der Waals surface area contributed by atoms with E-state index in [9.17, 15) is 31.1 Å². The van der Waals surface area contributed by atoms with Crippen LogP contribution in [0.5, 0.6) is 0 Å². The Hall–Kier alpha value is -3.86. The molecule has 5 nitrogen and oxygen atoms in total. The van der Waals surface area contributed by atoms with Gasteiger partial charge in [-0.1, -0.05) is 43.3 Å². The highest BCUT2D eigenvalue weighted by Crippen LogP contribution is 2.45. The summed E-state index contributed by atoms with van der Waals surface area (Å²) in [7, 11) is 1.97. The second-order valence-corrected chi connectivity index (χ2v) is 12.8. The smallest absolute Gasteiger partial charge is 0.331 e. The number of rotatable bonds is 7. The van der Waals surface area contributed by atoms with Crippen LogP contribution in [0.15, 0.2) is 78.3 Å². The van der Waals surface area contributed by atoms with Gasteiger partial charge in [0.15, 0.2) is 0 Å². The second-order valence-electron chi connectivity index (χ2n) is 12.8. The van der Waals surface area contributed by atoms with Gasteiger partial charge in [-0.15, -0.1) is 0 Å². The van der Waals surface area contributed by atoms with Crippen molar-refractivity contribution in [3.8, 4) is 11.1 Å². The molecule has 1 saturated carbocycles. The summed E-state index contributed by atoms with van der Waals surface area (Å²) in [6.07, 6.45) is -1.18. The highest BCUT2D eigenvalue weighted by atomic mass is 19.4. The summed E-state index contributed by atoms with van der Waals surface area (Å²) in [4.78, 5) is 20.0. The van der Waals surface area contributed by atoms with Gasteiger partial charge in [0.1, 0.15) is 12.2 Å². The summed E-state index contributed by atoms with van der Waals surface area (Å²) in [6, 6.07) is 13.8. The van der Waals surface area contributed by atoms with Crippen molar-refractivity contribution in [2.45, 2.75) is 70.5 Å². The summed E-state index contributed by atoms with van der Waals surface area (Å²) in [5.41, 5.74) is 3.44. The highest BCUT2D eigenvalue weighted by molar-refractivity contribution is 5.83. The lowest BCUT2D eigenvalue weighted by Gasteiger charge is -2.46. The first-order valence-corrected chi connectivity index (χ1v) is 15.9. The van der Waals surface area contributed by atoms with Gasteiger partial charge in [-0.3, -0.25) is 9.69 Å². The number of hydrogen-bond donors (Lipinski definition) is 1. The van der Waals surface area contributed by atoms with E-state index in [-0.39, 0.29) is 37.0 Å². The van der Waals surface area contributed by atoms with Gasteiger partial charge >= 0.3 is 6.18 Å². The molecule has 1 aromatic heterocycles. The fourth-order valence-corrected chi connectivity index (χ4v) is 7.08. The van der Waals surface area contributed by atoms with Crippen LogP contribution in [-0.2, 0) is 11.8 Å². The number of imidazole rings is 1. The van der Waals surface area contributed by atoms with Gasteiger partial charge in [0.05, 0.1) is 28.8 Å². The van der Waals surface area contributed by atoms with E-state index in [1.54, 1.807) is 4.90 Å². The van der Waals surface area contributed by atoms with Crippen LogP contribution >= 0.6 is 0 Å². The van der Waals surface area contributed by atoms with Gasteiger partial charge in [0.25, 0.3) is 5.92 Å². The number of amides is 1. The Kier molecular flexibility index (Phi) is 10.1. The fourth-order valence-electron chi connectivity index (χ4n) is 7.08. The van der Waals surface area contributed by atoms with Gasteiger partial charge in [-0.25, -0.2) is 18.2 Å². The summed E-state index contributed by atoms with van der Waals surface area (Å²) in [6.45, 7) is 5.16. The number of alkyl halides is 5. The van der Waals surface area contributed by atoms with E-state index in [1.165, 1.54) is 6.92 Å². The number of aryl methyl sites for hydroxylation is 2. The van der Waals surface area contributed by atoms with Crippen molar-refractivity contribution >= 4 is 16.9 Å². The Labute approximate surface area is 271 Å². The molecule has 1 aliphatic heterocycles. The number of benzene rings is 2. The van der Waals surface area contributed by atoms with E-state index in [4.69, 9.17) is 0 Å². The SMILES string of the molecule is C\C=C(/C=C\C(=C\F)NC(=O)C1CC(N2CCCC(F)(F)C2)CC(c2ccc(-c3ccc4c(c3)nc(C)n4C)cc2)[C@H]1C)C(F)(F)F. The minimum Gasteiger partial charge on any atom is -0.331 e. The van der Waals surface area contributed by atoms with Crippen molar-refractivity contribution < 1.29 is 31.1 Å². The molecule has 2 aliphatic rings. The Morgan fingerprint density at radius 1 is 1.06 bits per heavy atom. The van der Waals surface area contributed by atoms with Crippen LogP contribution in [0.4, 0.5) is 26.3 Å². The summed E-state index contributed by atoms with van der Waals surface area (Å²) in [5, 5.41) is 2.45. The first-order valence-electron chi connectivity index (χ1n) is 15.9. The van der Waals surface area contributed by atoms with Crippen LogP contribution < -0.4 is 5.32 Å². The van der Waals surface area contributed by atoms with Gasteiger partial charge in [0, 0.05) is 25.4 Å². The molecule has 1 saturated heterocycles.